The van der Waals surface area contributed by atoms with Crippen molar-refractivity contribution in [2.75, 3.05) is 6.23 Å². The molecule has 4 heteroatoms. The van der Waals surface area contributed by atoms with Crippen LogP contribution < -0.4 is 0 Å². The summed E-state index contributed by atoms with van der Waals surface area (Å²) >= 11 is 0. The van der Waals surface area contributed by atoms with Gasteiger partial charge in [0.1, 0.15) is 6.61 Å². The highest BCUT2D eigenvalue weighted by atomic mass is 33.1. The first-order valence-corrected chi connectivity index (χ1v) is 5.92. The fourth-order valence-corrected chi connectivity index (χ4v) is 2.26. The van der Waals surface area contributed by atoms with E-state index >= 15 is 0 Å². The standard InChI is InChI=1S/C9H10O2S2/c1-12-13-9-5-3-2-4-8(9)6-11-7-10/h2-5,7H,6H2,1H3/i1D. The fourth-order valence-electron chi connectivity index (χ4n) is 0.892. The molecule has 0 radical (unpaired) electrons. The van der Waals surface area contributed by atoms with Crippen molar-refractivity contribution in [3.05, 3.63) is 29.8 Å². The van der Waals surface area contributed by atoms with E-state index in [1.807, 2.05) is 24.3 Å². The summed E-state index contributed by atoms with van der Waals surface area (Å²) in [6, 6.07) is 7.70. The molecule has 0 aliphatic rings. The fraction of sp³-hybridized carbons (Fsp3) is 0.222. The molecule has 0 saturated heterocycles. The molecule has 13 heavy (non-hydrogen) atoms. The van der Waals surface area contributed by atoms with E-state index in [0.717, 1.165) is 10.5 Å². The summed E-state index contributed by atoms with van der Waals surface area (Å²) in [7, 11) is 2.98. The average molecular weight is 215 g/mol. The molecule has 0 unspecified atom stereocenters. The van der Waals surface area contributed by atoms with Gasteiger partial charge in [-0.3, -0.25) is 4.79 Å². The van der Waals surface area contributed by atoms with Gasteiger partial charge in [-0.25, -0.2) is 0 Å². The second-order valence-electron chi connectivity index (χ2n) is 2.22. The van der Waals surface area contributed by atoms with Crippen LogP contribution in [0.5, 0.6) is 0 Å². The van der Waals surface area contributed by atoms with Crippen LogP contribution in [0.25, 0.3) is 0 Å². The molecule has 70 valence electrons. The summed E-state index contributed by atoms with van der Waals surface area (Å²) < 4.78 is 11.7. The summed E-state index contributed by atoms with van der Waals surface area (Å²) in [4.78, 5) is 11.1. The summed E-state index contributed by atoms with van der Waals surface area (Å²) in [5.41, 5.74) is 0.977. The molecule has 0 aliphatic heterocycles. The van der Waals surface area contributed by atoms with Crippen LogP contribution in [0.2, 0.25) is 0 Å². The molecular formula is C9H10O2S2. The molecule has 0 saturated carbocycles. The van der Waals surface area contributed by atoms with Gasteiger partial charge in [-0.05, 0) is 12.3 Å². The molecule has 0 heterocycles. The van der Waals surface area contributed by atoms with Crippen molar-refractivity contribution in [3.8, 4) is 0 Å². The van der Waals surface area contributed by atoms with E-state index in [-0.39, 0.29) is 0 Å². The van der Waals surface area contributed by atoms with Crippen LogP contribution in [0, 0.1) is 0 Å². The molecule has 0 aliphatic carbocycles. The van der Waals surface area contributed by atoms with E-state index in [1.54, 1.807) is 0 Å². The SMILES string of the molecule is [2H]CSSc1ccccc1COC=O. The number of rotatable bonds is 5. The van der Waals surface area contributed by atoms with E-state index < -0.39 is 0 Å². The maximum atomic E-state index is 10.0. The molecule has 1 rings (SSSR count). The first-order valence-electron chi connectivity index (χ1n) is 4.31. The first-order chi connectivity index (χ1) is 6.88. The van der Waals surface area contributed by atoms with Crippen molar-refractivity contribution in [2.24, 2.45) is 0 Å². The van der Waals surface area contributed by atoms with Gasteiger partial charge in [0, 0.05) is 11.8 Å². The Morgan fingerprint density at radius 1 is 1.62 bits per heavy atom. The van der Waals surface area contributed by atoms with Gasteiger partial charge in [0.15, 0.2) is 0 Å². The Bertz CT molecular complexity index is 294. The number of carbonyl (C=O) groups excluding carboxylic acids is 1. The Kier molecular flexibility index (Phi) is 4.09. The van der Waals surface area contributed by atoms with E-state index in [2.05, 4.69) is 0 Å². The predicted molar refractivity (Wildman–Crippen MR) is 56.7 cm³/mol. The van der Waals surface area contributed by atoms with Crippen LogP contribution >= 0.6 is 21.6 Å². The Morgan fingerprint density at radius 2 is 2.46 bits per heavy atom. The van der Waals surface area contributed by atoms with Crippen LogP contribution in [0.1, 0.15) is 6.93 Å². The van der Waals surface area contributed by atoms with Gasteiger partial charge in [-0.1, -0.05) is 39.8 Å². The number of benzene rings is 1. The van der Waals surface area contributed by atoms with E-state index in [4.69, 9.17) is 6.11 Å². The van der Waals surface area contributed by atoms with Gasteiger partial charge in [0.25, 0.3) is 6.47 Å². The van der Waals surface area contributed by atoms with Crippen LogP contribution in [-0.2, 0) is 16.1 Å². The van der Waals surface area contributed by atoms with E-state index in [0.29, 0.717) is 19.3 Å². The molecule has 1 aromatic rings. The number of carbonyl (C=O) groups is 1. The quantitative estimate of drug-likeness (QED) is 0.557. The van der Waals surface area contributed by atoms with Gasteiger partial charge < -0.3 is 4.74 Å². The van der Waals surface area contributed by atoms with Crippen molar-refractivity contribution < 1.29 is 10.9 Å². The minimum Gasteiger partial charge on any atom is -0.463 e. The highest BCUT2D eigenvalue weighted by Gasteiger charge is 2.01. The zero-order valence-corrected chi connectivity index (χ0v) is 8.57. The highest BCUT2D eigenvalue weighted by molar-refractivity contribution is 8.76. The molecule has 0 spiro atoms. The number of hydrogen-bond donors (Lipinski definition) is 0. The lowest BCUT2D eigenvalue weighted by Gasteiger charge is -2.05. The van der Waals surface area contributed by atoms with Gasteiger partial charge in [-0.2, -0.15) is 0 Å². The Hall–Kier alpha value is -0.610. The second-order valence-corrected chi connectivity index (χ2v) is 4.27. The van der Waals surface area contributed by atoms with Crippen LogP contribution in [0.4, 0.5) is 0 Å². The predicted octanol–water partition coefficient (Wildman–Crippen LogP) is 2.73. The van der Waals surface area contributed by atoms with Crippen LogP contribution in [0.15, 0.2) is 29.2 Å². The largest absolute Gasteiger partial charge is 0.463 e. The Labute approximate surface area is 86.9 Å². The third-order valence-electron chi connectivity index (χ3n) is 1.43. The smallest absolute Gasteiger partial charge is 0.293 e. The minimum absolute atomic E-state index is 0.297. The van der Waals surface area contributed by atoms with Crippen molar-refractivity contribution in [1.82, 2.24) is 0 Å². The summed E-state index contributed by atoms with van der Waals surface area (Å²) in [6.07, 6.45) is 0.313. The maximum Gasteiger partial charge on any atom is 0.293 e. The van der Waals surface area contributed by atoms with Gasteiger partial charge in [-0.15, -0.1) is 0 Å². The van der Waals surface area contributed by atoms with Crippen LogP contribution in [0.3, 0.4) is 0 Å². The summed E-state index contributed by atoms with van der Waals surface area (Å²) in [5.74, 6) is 0. The molecule has 0 N–H and O–H groups in total. The van der Waals surface area contributed by atoms with Gasteiger partial charge in [0.2, 0.25) is 0 Å². The Morgan fingerprint density at radius 3 is 3.23 bits per heavy atom. The van der Waals surface area contributed by atoms with E-state index in [1.165, 1.54) is 21.6 Å². The molecule has 0 fully saturated rings. The summed E-state index contributed by atoms with van der Waals surface area (Å²) in [6.45, 7) is 0.740. The average Bonchev–Trinajstić information content (AvgIpc) is 2.24. The summed E-state index contributed by atoms with van der Waals surface area (Å²) in [5, 5.41) is 0. The zero-order valence-electron chi connectivity index (χ0n) is 7.93. The number of hydrogen-bond acceptors (Lipinski definition) is 4. The van der Waals surface area contributed by atoms with E-state index in [9.17, 15) is 4.79 Å². The zero-order chi connectivity index (χ0) is 10.2. The molecule has 2 nitrogen and oxygen atoms in total. The molecule has 0 bridgehead atoms. The lowest BCUT2D eigenvalue weighted by Crippen LogP contribution is -1.91. The number of ether oxygens (including phenoxy) is 1. The Balaban J connectivity index is 2.64. The highest BCUT2D eigenvalue weighted by Crippen LogP contribution is 2.31. The minimum atomic E-state index is 0.297. The third kappa shape index (κ3) is 3.32. The lowest BCUT2D eigenvalue weighted by molar-refractivity contribution is -0.129. The monoisotopic (exact) mass is 215 g/mol. The van der Waals surface area contributed by atoms with Gasteiger partial charge >= 0.3 is 0 Å². The van der Waals surface area contributed by atoms with Crippen molar-refractivity contribution in [3.63, 3.8) is 0 Å². The molecular weight excluding hydrogens is 204 g/mol. The lowest BCUT2D eigenvalue weighted by atomic mass is 10.2. The van der Waals surface area contributed by atoms with Gasteiger partial charge in [0.05, 0.1) is 0 Å². The van der Waals surface area contributed by atoms with Crippen LogP contribution in [-0.4, -0.2) is 12.7 Å². The molecule has 0 amide bonds. The first kappa shape index (κ1) is 8.97. The molecule has 1 aromatic carbocycles. The van der Waals surface area contributed by atoms with Crippen molar-refractivity contribution in [2.45, 2.75) is 11.5 Å². The molecule has 0 aromatic heterocycles. The topological polar surface area (TPSA) is 26.3 Å². The maximum absolute atomic E-state index is 10.0. The van der Waals surface area contributed by atoms with Crippen molar-refractivity contribution >= 4 is 28.1 Å². The van der Waals surface area contributed by atoms with Crippen molar-refractivity contribution in [1.29, 1.82) is 0 Å². The molecule has 0 atom stereocenters. The third-order valence-corrected chi connectivity index (χ3v) is 3.02. The second kappa shape index (κ2) is 5.94. The normalized spacial score (nSPS) is 10.6.